The van der Waals surface area contributed by atoms with Crippen molar-refractivity contribution >= 4 is 23.9 Å². The lowest BCUT2D eigenvalue weighted by Crippen LogP contribution is -2.17. The van der Waals surface area contributed by atoms with Gasteiger partial charge in [-0.15, -0.1) is 11.8 Å². The minimum absolute atomic E-state index is 0.0949. The van der Waals surface area contributed by atoms with Crippen LogP contribution in [0.4, 0.5) is 0 Å². The largest absolute Gasteiger partial charge is 0.489 e. The zero-order chi connectivity index (χ0) is 19.4. The van der Waals surface area contributed by atoms with Crippen molar-refractivity contribution in [2.24, 2.45) is 5.10 Å². The molecule has 28 heavy (non-hydrogen) atoms. The third-order valence-corrected chi connectivity index (χ3v) is 4.89. The van der Waals surface area contributed by atoms with Crippen LogP contribution in [0, 0.1) is 0 Å². The smallest absolute Gasteiger partial charge is 0.240 e. The topological polar surface area (TPSA) is 50.7 Å². The molecule has 1 N–H and O–H groups in total. The fourth-order valence-electron chi connectivity index (χ4n) is 2.40. The van der Waals surface area contributed by atoms with Crippen molar-refractivity contribution in [1.82, 2.24) is 5.43 Å². The number of thioether (sulfide) groups is 1. The van der Waals surface area contributed by atoms with Crippen molar-refractivity contribution < 1.29 is 9.53 Å². The average molecular weight is 391 g/mol. The number of benzene rings is 3. The number of nitrogens with zero attached hydrogens (tertiary/aromatic N) is 1. The Morgan fingerprint density at radius 3 is 2.32 bits per heavy atom. The van der Waals surface area contributed by atoms with E-state index in [0.717, 1.165) is 27.5 Å². The Morgan fingerprint density at radius 1 is 0.929 bits per heavy atom. The van der Waals surface area contributed by atoms with Gasteiger partial charge < -0.3 is 4.74 Å². The lowest BCUT2D eigenvalue weighted by atomic mass is 10.2. The first-order valence-corrected chi connectivity index (χ1v) is 10.0. The highest BCUT2D eigenvalue weighted by Crippen LogP contribution is 2.17. The van der Waals surface area contributed by atoms with E-state index >= 15 is 0 Å². The van der Waals surface area contributed by atoms with Crippen molar-refractivity contribution in [3.05, 3.63) is 96.1 Å². The van der Waals surface area contributed by atoms with Crippen LogP contribution in [-0.2, 0) is 11.4 Å². The van der Waals surface area contributed by atoms with Gasteiger partial charge in [-0.1, -0.05) is 48.5 Å². The van der Waals surface area contributed by atoms with Gasteiger partial charge in [0.15, 0.2) is 0 Å². The molecule has 142 valence electrons. The monoisotopic (exact) mass is 390 g/mol. The van der Waals surface area contributed by atoms with Gasteiger partial charge in [-0.3, -0.25) is 4.79 Å². The van der Waals surface area contributed by atoms with Crippen LogP contribution in [0.25, 0.3) is 0 Å². The zero-order valence-corrected chi connectivity index (χ0v) is 16.3. The molecule has 0 aliphatic carbocycles. The summed E-state index contributed by atoms with van der Waals surface area (Å²) in [6.45, 7) is 0.533. The number of rotatable bonds is 9. The second-order valence-corrected chi connectivity index (χ2v) is 7.22. The predicted molar refractivity (Wildman–Crippen MR) is 115 cm³/mol. The summed E-state index contributed by atoms with van der Waals surface area (Å²) in [7, 11) is 0. The Bertz CT molecular complexity index is 881. The maximum atomic E-state index is 11.8. The number of nitrogens with one attached hydrogen (secondary N) is 1. The van der Waals surface area contributed by atoms with Crippen molar-refractivity contribution in [3.8, 4) is 5.75 Å². The highest BCUT2D eigenvalue weighted by molar-refractivity contribution is 7.99. The summed E-state index contributed by atoms with van der Waals surface area (Å²) < 4.78 is 5.75. The van der Waals surface area contributed by atoms with Gasteiger partial charge in [0, 0.05) is 17.1 Å². The van der Waals surface area contributed by atoms with E-state index in [2.05, 4.69) is 10.5 Å². The number of hydrogen-bond acceptors (Lipinski definition) is 4. The van der Waals surface area contributed by atoms with Crippen molar-refractivity contribution in [2.45, 2.75) is 17.9 Å². The van der Waals surface area contributed by atoms with Gasteiger partial charge in [0.25, 0.3) is 0 Å². The van der Waals surface area contributed by atoms with Gasteiger partial charge >= 0.3 is 0 Å². The van der Waals surface area contributed by atoms with E-state index in [1.54, 1.807) is 18.0 Å². The standard InChI is InChI=1S/C23H22N2O2S/c26-23(15-16-28-22-9-5-2-6-10-22)25-24-17-19-11-13-21(14-12-19)27-18-20-7-3-1-4-8-20/h1-14,17H,15-16,18H2,(H,25,26)/b24-17+. The molecule has 0 atom stereocenters. The van der Waals surface area contributed by atoms with Crippen LogP contribution in [0.5, 0.6) is 5.75 Å². The van der Waals surface area contributed by atoms with E-state index < -0.39 is 0 Å². The molecule has 0 aliphatic heterocycles. The first-order valence-electron chi connectivity index (χ1n) is 9.06. The molecule has 3 rings (SSSR count). The maximum absolute atomic E-state index is 11.8. The van der Waals surface area contributed by atoms with Gasteiger partial charge in [-0.2, -0.15) is 5.10 Å². The Morgan fingerprint density at radius 2 is 1.61 bits per heavy atom. The van der Waals surface area contributed by atoms with E-state index in [0.29, 0.717) is 13.0 Å². The number of hydrazone groups is 1. The summed E-state index contributed by atoms with van der Waals surface area (Å²) in [5, 5.41) is 4.02. The van der Waals surface area contributed by atoms with Crippen molar-refractivity contribution in [1.29, 1.82) is 0 Å². The van der Waals surface area contributed by atoms with E-state index in [-0.39, 0.29) is 5.91 Å². The quantitative estimate of drug-likeness (QED) is 0.321. The SMILES string of the molecule is O=C(CCSc1ccccc1)N/N=C/c1ccc(OCc2ccccc2)cc1. The molecule has 1 amide bonds. The van der Waals surface area contributed by atoms with Crippen LogP contribution in [0.15, 0.2) is 94.9 Å². The molecule has 0 radical (unpaired) electrons. The lowest BCUT2D eigenvalue weighted by molar-refractivity contribution is -0.120. The first kappa shape index (κ1) is 19.7. The van der Waals surface area contributed by atoms with E-state index in [4.69, 9.17) is 4.74 Å². The number of ether oxygens (including phenoxy) is 1. The Balaban J connectivity index is 1.37. The van der Waals surface area contributed by atoms with E-state index in [1.807, 2.05) is 84.9 Å². The molecule has 0 fully saturated rings. The fourth-order valence-corrected chi connectivity index (χ4v) is 3.28. The van der Waals surface area contributed by atoms with Gasteiger partial charge in [0.1, 0.15) is 12.4 Å². The molecular formula is C23H22N2O2S. The number of hydrogen-bond donors (Lipinski definition) is 1. The summed E-state index contributed by atoms with van der Waals surface area (Å²) >= 11 is 1.66. The van der Waals surface area contributed by atoms with Crippen molar-refractivity contribution in [3.63, 3.8) is 0 Å². The highest BCUT2D eigenvalue weighted by atomic mass is 32.2. The van der Waals surface area contributed by atoms with Gasteiger partial charge in [0.2, 0.25) is 5.91 Å². The van der Waals surface area contributed by atoms with E-state index in [9.17, 15) is 4.79 Å². The zero-order valence-electron chi connectivity index (χ0n) is 15.5. The van der Waals surface area contributed by atoms with Gasteiger partial charge in [-0.05, 0) is 47.5 Å². The number of carbonyl (C=O) groups is 1. The van der Waals surface area contributed by atoms with Crippen LogP contribution in [0.1, 0.15) is 17.5 Å². The molecular weight excluding hydrogens is 368 g/mol. The molecule has 0 saturated heterocycles. The maximum Gasteiger partial charge on any atom is 0.240 e. The molecule has 0 spiro atoms. The molecule has 0 unspecified atom stereocenters. The molecule has 4 nitrogen and oxygen atoms in total. The summed E-state index contributed by atoms with van der Waals surface area (Å²) in [6, 6.07) is 27.7. The summed E-state index contributed by atoms with van der Waals surface area (Å²) in [5.41, 5.74) is 4.59. The van der Waals surface area contributed by atoms with Crippen LogP contribution in [0.2, 0.25) is 0 Å². The minimum atomic E-state index is -0.0949. The molecule has 3 aromatic rings. The second kappa shape index (κ2) is 10.9. The molecule has 0 aromatic heterocycles. The Hall–Kier alpha value is -3.05. The highest BCUT2D eigenvalue weighted by Gasteiger charge is 2.01. The average Bonchev–Trinajstić information content (AvgIpc) is 2.75. The Kier molecular flexibility index (Phi) is 7.70. The summed E-state index contributed by atoms with van der Waals surface area (Å²) in [5.74, 6) is 1.42. The summed E-state index contributed by atoms with van der Waals surface area (Å²) in [4.78, 5) is 13.0. The third-order valence-electron chi connectivity index (χ3n) is 3.87. The summed E-state index contributed by atoms with van der Waals surface area (Å²) in [6.07, 6.45) is 2.05. The van der Waals surface area contributed by atoms with Gasteiger partial charge in [-0.25, -0.2) is 5.43 Å². The molecule has 0 aliphatic rings. The third kappa shape index (κ3) is 6.93. The molecule has 0 saturated carbocycles. The second-order valence-electron chi connectivity index (χ2n) is 6.05. The van der Waals surface area contributed by atoms with E-state index in [1.165, 1.54) is 0 Å². The molecule has 5 heteroatoms. The minimum Gasteiger partial charge on any atom is -0.489 e. The normalized spacial score (nSPS) is 10.7. The van der Waals surface area contributed by atoms with Crippen molar-refractivity contribution in [2.75, 3.05) is 5.75 Å². The van der Waals surface area contributed by atoms with Crippen LogP contribution in [0.3, 0.4) is 0 Å². The number of carbonyl (C=O) groups excluding carboxylic acids is 1. The van der Waals surface area contributed by atoms with Crippen LogP contribution < -0.4 is 10.2 Å². The van der Waals surface area contributed by atoms with Gasteiger partial charge in [0.05, 0.1) is 6.21 Å². The van der Waals surface area contributed by atoms with Crippen LogP contribution in [-0.4, -0.2) is 17.9 Å². The number of amides is 1. The van der Waals surface area contributed by atoms with Crippen LogP contribution >= 0.6 is 11.8 Å². The first-order chi connectivity index (χ1) is 13.8. The molecule has 0 bridgehead atoms. The molecule has 0 heterocycles. The molecule has 3 aromatic carbocycles. The lowest BCUT2D eigenvalue weighted by Gasteiger charge is -2.06. The fraction of sp³-hybridized carbons (Fsp3) is 0.130. The predicted octanol–water partition coefficient (Wildman–Crippen LogP) is 4.90. The Labute approximate surface area is 169 Å².